The summed E-state index contributed by atoms with van der Waals surface area (Å²) in [7, 11) is 0. The van der Waals surface area contributed by atoms with E-state index in [-0.39, 0.29) is 6.04 Å². The van der Waals surface area contributed by atoms with Crippen LogP contribution in [-0.2, 0) is 0 Å². The Labute approximate surface area is 123 Å². The summed E-state index contributed by atoms with van der Waals surface area (Å²) < 4.78 is 38.4. The molecule has 1 aromatic carbocycles. The van der Waals surface area contributed by atoms with Gasteiger partial charge in [0.1, 0.15) is 0 Å². The first-order valence-corrected chi connectivity index (χ1v) is 7.63. The molecule has 1 aromatic rings. The minimum absolute atomic E-state index is 0.141. The molecule has 116 valence electrons. The first-order valence-electron chi connectivity index (χ1n) is 7.63. The van der Waals surface area contributed by atoms with Gasteiger partial charge in [0.2, 0.25) is 0 Å². The van der Waals surface area contributed by atoms with E-state index in [2.05, 4.69) is 5.32 Å². The molecule has 3 rings (SSSR count). The zero-order valence-corrected chi connectivity index (χ0v) is 11.9. The second-order valence-electron chi connectivity index (χ2n) is 6.17. The van der Waals surface area contributed by atoms with Gasteiger partial charge >= 0.3 is 6.18 Å². The van der Waals surface area contributed by atoms with Crippen molar-refractivity contribution in [1.29, 1.82) is 0 Å². The minimum atomic E-state index is -4.14. The lowest BCUT2D eigenvalue weighted by atomic mass is 9.91. The Morgan fingerprint density at radius 3 is 2.38 bits per heavy atom. The SMILES string of the molecule is FC(F)(F)CN1CCC(NC2CC2)C[C@H]1c1ccccc1. The second kappa shape index (κ2) is 5.97. The molecular formula is C16H21F3N2. The monoisotopic (exact) mass is 298 g/mol. The van der Waals surface area contributed by atoms with E-state index in [1.807, 2.05) is 30.3 Å². The van der Waals surface area contributed by atoms with Crippen LogP contribution in [0.3, 0.4) is 0 Å². The van der Waals surface area contributed by atoms with Crippen LogP contribution in [0.1, 0.15) is 37.3 Å². The summed E-state index contributed by atoms with van der Waals surface area (Å²) in [5.41, 5.74) is 0.990. The molecule has 1 aliphatic carbocycles. The molecule has 2 fully saturated rings. The molecule has 1 N–H and O–H groups in total. The van der Waals surface area contributed by atoms with E-state index in [0.29, 0.717) is 18.6 Å². The van der Waals surface area contributed by atoms with Crippen molar-refractivity contribution in [2.24, 2.45) is 0 Å². The summed E-state index contributed by atoms with van der Waals surface area (Å²) in [6, 6.07) is 10.4. The average molecular weight is 298 g/mol. The molecule has 5 heteroatoms. The van der Waals surface area contributed by atoms with Gasteiger partial charge < -0.3 is 5.32 Å². The Bertz CT molecular complexity index is 456. The fourth-order valence-electron chi connectivity index (χ4n) is 3.19. The summed E-state index contributed by atoms with van der Waals surface area (Å²) >= 11 is 0. The molecule has 2 nitrogen and oxygen atoms in total. The zero-order chi connectivity index (χ0) is 14.9. The molecule has 2 aliphatic rings. The van der Waals surface area contributed by atoms with Gasteiger partial charge in [-0.3, -0.25) is 4.90 Å². The number of likely N-dealkylation sites (tertiary alicyclic amines) is 1. The summed E-state index contributed by atoms with van der Waals surface area (Å²) in [5.74, 6) is 0. The molecule has 21 heavy (non-hydrogen) atoms. The topological polar surface area (TPSA) is 15.3 Å². The third-order valence-electron chi connectivity index (χ3n) is 4.33. The van der Waals surface area contributed by atoms with E-state index >= 15 is 0 Å². The number of hydrogen-bond donors (Lipinski definition) is 1. The van der Waals surface area contributed by atoms with Gasteiger partial charge in [0.25, 0.3) is 0 Å². The van der Waals surface area contributed by atoms with E-state index in [4.69, 9.17) is 0 Å². The van der Waals surface area contributed by atoms with Gasteiger partial charge in [0.05, 0.1) is 6.54 Å². The Kier molecular flexibility index (Phi) is 4.22. The number of piperidine rings is 1. The standard InChI is InChI=1S/C16H21F3N2/c17-16(18,19)11-21-9-8-14(20-13-6-7-13)10-15(21)12-4-2-1-3-5-12/h1-5,13-15,20H,6-11H2/t14?,15-/m0/s1. The Hall–Kier alpha value is -1.07. The second-order valence-corrected chi connectivity index (χ2v) is 6.17. The lowest BCUT2D eigenvalue weighted by Crippen LogP contribution is -2.47. The van der Waals surface area contributed by atoms with Crippen LogP contribution in [0.5, 0.6) is 0 Å². The number of nitrogens with zero attached hydrogens (tertiary/aromatic N) is 1. The Morgan fingerprint density at radius 2 is 1.76 bits per heavy atom. The van der Waals surface area contributed by atoms with Crippen LogP contribution in [0, 0.1) is 0 Å². The fourth-order valence-corrected chi connectivity index (χ4v) is 3.19. The number of alkyl halides is 3. The largest absolute Gasteiger partial charge is 0.401 e. The summed E-state index contributed by atoms with van der Waals surface area (Å²) in [6.45, 7) is -0.313. The first-order chi connectivity index (χ1) is 10.0. The minimum Gasteiger partial charge on any atom is -0.311 e. The number of halogens is 3. The summed E-state index contributed by atoms with van der Waals surface area (Å²) in [6.07, 6.45) is -0.159. The molecule has 2 atom stereocenters. The number of hydrogen-bond acceptors (Lipinski definition) is 2. The molecule has 1 aliphatic heterocycles. The zero-order valence-electron chi connectivity index (χ0n) is 11.9. The van der Waals surface area contributed by atoms with E-state index in [1.54, 1.807) is 4.90 Å². The Morgan fingerprint density at radius 1 is 1.05 bits per heavy atom. The van der Waals surface area contributed by atoms with Crippen molar-refractivity contribution >= 4 is 0 Å². The van der Waals surface area contributed by atoms with Gasteiger partial charge in [-0.15, -0.1) is 0 Å². The maximum absolute atomic E-state index is 12.8. The number of benzene rings is 1. The van der Waals surface area contributed by atoms with Crippen LogP contribution in [0.15, 0.2) is 30.3 Å². The van der Waals surface area contributed by atoms with E-state index in [1.165, 1.54) is 12.8 Å². The van der Waals surface area contributed by atoms with Crippen LogP contribution < -0.4 is 5.32 Å². The van der Waals surface area contributed by atoms with Gasteiger partial charge in [0, 0.05) is 24.7 Å². The van der Waals surface area contributed by atoms with Gasteiger partial charge in [-0.1, -0.05) is 30.3 Å². The average Bonchev–Trinajstić information content (AvgIpc) is 3.24. The maximum atomic E-state index is 12.8. The molecule has 0 bridgehead atoms. The first kappa shape index (κ1) is 14.9. The van der Waals surface area contributed by atoms with Crippen LogP contribution >= 0.6 is 0 Å². The summed E-state index contributed by atoms with van der Waals surface area (Å²) in [4.78, 5) is 1.58. The number of nitrogens with one attached hydrogen (secondary N) is 1. The van der Waals surface area contributed by atoms with Gasteiger partial charge in [-0.2, -0.15) is 13.2 Å². The van der Waals surface area contributed by atoms with Gasteiger partial charge in [0.15, 0.2) is 0 Å². The molecular weight excluding hydrogens is 277 g/mol. The van der Waals surface area contributed by atoms with E-state index < -0.39 is 12.7 Å². The van der Waals surface area contributed by atoms with Crippen molar-refractivity contribution < 1.29 is 13.2 Å². The Balaban J connectivity index is 1.73. The van der Waals surface area contributed by atoms with E-state index in [0.717, 1.165) is 18.4 Å². The van der Waals surface area contributed by atoms with Crippen LogP contribution in [0.2, 0.25) is 0 Å². The fraction of sp³-hybridized carbons (Fsp3) is 0.625. The van der Waals surface area contributed by atoms with Crippen LogP contribution in [0.4, 0.5) is 13.2 Å². The van der Waals surface area contributed by atoms with Crippen molar-refractivity contribution in [2.45, 2.75) is 50.0 Å². The van der Waals surface area contributed by atoms with Crippen molar-refractivity contribution in [2.75, 3.05) is 13.1 Å². The van der Waals surface area contributed by atoms with Crippen LogP contribution in [-0.4, -0.2) is 36.2 Å². The highest BCUT2D eigenvalue weighted by Crippen LogP contribution is 2.34. The smallest absolute Gasteiger partial charge is 0.311 e. The number of rotatable bonds is 4. The van der Waals surface area contributed by atoms with Crippen LogP contribution in [0.25, 0.3) is 0 Å². The normalized spacial score (nSPS) is 27.8. The van der Waals surface area contributed by atoms with Gasteiger partial charge in [-0.05, 0) is 31.2 Å². The van der Waals surface area contributed by atoms with Gasteiger partial charge in [-0.25, -0.2) is 0 Å². The highest BCUT2D eigenvalue weighted by atomic mass is 19.4. The molecule has 0 spiro atoms. The van der Waals surface area contributed by atoms with Crippen molar-refractivity contribution in [3.63, 3.8) is 0 Å². The molecule has 0 amide bonds. The molecule has 1 heterocycles. The van der Waals surface area contributed by atoms with Crippen molar-refractivity contribution in [3.05, 3.63) is 35.9 Å². The predicted molar refractivity (Wildman–Crippen MR) is 76.0 cm³/mol. The third-order valence-corrected chi connectivity index (χ3v) is 4.33. The lowest BCUT2D eigenvalue weighted by molar-refractivity contribution is -0.154. The molecule has 0 radical (unpaired) electrons. The molecule has 1 unspecified atom stereocenters. The van der Waals surface area contributed by atoms with E-state index in [9.17, 15) is 13.2 Å². The lowest BCUT2D eigenvalue weighted by Gasteiger charge is -2.40. The third kappa shape index (κ3) is 4.20. The maximum Gasteiger partial charge on any atom is 0.401 e. The van der Waals surface area contributed by atoms with Crippen molar-refractivity contribution in [3.8, 4) is 0 Å². The molecule has 1 saturated carbocycles. The highest BCUT2D eigenvalue weighted by Gasteiger charge is 2.38. The summed E-state index contributed by atoms with van der Waals surface area (Å²) in [5, 5.41) is 3.57. The van der Waals surface area contributed by atoms with Crippen molar-refractivity contribution in [1.82, 2.24) is 10.2 Å². The predicted octanol–water partition coefficient (Wildman–Crippen LogP) is 3.51. The molecule has 1 saturated heterocycles. The molecule has 0 aromatic heterocycles. The highest BCUT2D eigenvalue weighted by molar-refractivity contribution is 5.20. The quantitative estimate of drug-likeness (QED) is 0.915.